The monoisotopic (exact) mass is 287 g/mol. The van der Waals surface area contributed by atoms with Crippen molar-refractivity contribution in [3.8, 4) is 0 Å². The number of imide groups is 1. The minimum Gasteiger partial charge on any atom is -0.314 e. The molecule has 0 saturated heterocycles. The summed E-state index contributed by atoms with van der Waals surface area (Å²) in [5.74, 6) is -0.324. The van der Waals surface area contributed by atoms with Crippen LogP contribution >= 0.6 is 0 Å². The van der Waals surface area contributed by atoms with E-state index in [1.54, 1.807) is 12.3 Å². The maximum Gasteiger partial charge on any atom is 0.263 e. The number of rotatable bonds is 4. The number of hydrogen-bond donors (Lipinski definition) is 1. The average Bonchev–Trinajstić information content (AvgIpc) is 2.78. The van der Waals surface area contributed by atoms with Crippen molar-refractivity contribution >= 4 is 11.8 Å². The number of nitrogens with one attached hydrogen (secondary N) is 1. The fourth-order valence-electron chi connectivity index (χ4n) is 3.32. The van der Waals surface area contributed by atoms with Gasteiger partial charge in [0.1, 0.15) is 0 Å². The summed E-state index contributed by atoms with van der Waals surface area (Å²) in [6.45, 7) is 3.19. The van der Waals surface area contributed by atoms with Gasteiger partial charge in [0, 0.05) is 24.5 Å². The number of carbonyl (C=O) groups excluding carboxylic acids is 2. The van der Waals surface area contributed by atoms with Crippen LogP contribution in [0.5, 0.6) is 0 Å². The molecule has 1 aliphatic heterocycles. The predicted molar refractivity (Wildman–Crippen MR) is 79.1 cm³/mol. The van der Waals surface area contributed by atoms with Gasteiger partial charge in [0.2, 0.25) is 0 Å². The van der Waals surface area contributed by atoms with E-state index in [4.69, 9.17) is 0 Å². The molecule has 1 aromatic rings. The molecule has 1 N–H and O–H groups in total. The Morgan fingerprint density at radius 3 is 2.57 bits per heavy atom. The minimum atomic E-state index is -0.173. The van der Waals surface area contributed by atoms with E-state index in [0.717, 1.165) is 38.6 Å². The first-order valence-corrected chi connectivity index (χ1v) is 7.77. The average molecular weight is 287 g/mol. The van der Waals surface area contributed by atoms with Gasteiger partial charge in [-0.15, -0.1) is 0 Å². The van der Waals surface area contributed by atoms with E-state index in [1.165, 1.54) is 11.1 Å². The van der Waals surface area contributed by atoms with E-state index >= 15 is 0 Å². The SMILES string of the molecule is CCCNC1CCC(N2C(=O)c3ccncc3C2=O)CC1. The van der Waals surface area contributed by atoms with Crippen molar-refractivity contribution in [3.63, 3.8) is 0 Å². The summed E-state index contributed by atoms with van der Waals surface area (Å²) in [6, 6.07) is 2.21. The molecule has 0 unspecified atom stereocenters. The minimum absolute atomic E-state index is 0.0390. The normalized spacial score (nSPS) is 25.3. The van der Waals surface area contributed by atoms with Gasteiger partial charge in [-0.3, -0.25) is 19.5 Å². The lowest BCUT2D eigenvalue weighted by Gasteiger charge is -2.33. The molecule has 0 radical (unpaired) electrons. The van der Waals surface area contributed by atoms with Crippen LogP contribution in [0.3, 0.4) is 0 Å². The van der Waals surface area contributed by atoms with E-state index in [2.05, 4.69) is 17.2 Å². The molecular weight excluding hydrogens is 266 g/mol. The Morgan fingerprint density at radius 2 is 1.90 bits per heavy atom. The Bertz CT molecular complexity index is 515. The van der Waals surface area contributed by atoms with E-state index < -0.39 is 0 Å². The zero-order chi connectivity index (χ0) is 14.8. The Morgan fingerprint density at radius 1 is 1.19 bits per heavy atom. The standard InChI is InChI=1S/C16H21N3O2/c1-2-8-18-11-3-5-12(6-4-11)19-15(20)13-7-9-17-10-14(13)16(19)21/h7,9-12,18H,2-6,8H2,1H3. The second kappa shape index (κ2) is 5.93. The van der Waals surface area contributed by atoms with Crippen LogP contribution in [-0.2, 0) is 0 Å². The highest BCUT2D eigenvalue weighted by Gasteiger charge is 2.41. The zero-order valence-corrected chi connectivity index (χ0v) is 12.3. The summed E-state index contributed by atoms with van der Waals surface area (Å²) < 4.78 is 0. The van der Waals surface area contributed by atoms with E-state index in [-0.39, 0.29) is 17.9 Å². The molecule has 21 heavy (non-hydrogen) atoms. The van der Waals surface area contributed by atoms with Crippen molar-refractivity contribution in [2.75, 3.05) is 6.54 Å². The summed E-state index contributed by atoms with van der Waals surface area (Å²) in [5, 5.41) is 3.52. The smallest absolute Gasteiger partial charge is 0.263 e. The second-order valence-corrected chi connectivity index (χ2v) is 5.86. The van der Waals surface area contributed by atoms with Gasteiger partial charge in [0.15, 0.2) is 0 Å². The van der Waals surface area contributed by atoms with Gasteiger partial charge < -0.3 is 5.32 Å². The molecular formula is C16H21N3O2. The molecule has 1 aromatic heterocycles. The first-order valence-electron chi connectivity index (χ1n) is 7.77. The molecule has 1 fully saturated rings. The highest BCUT2D eigenvalue weighted by atomic mass is 16.2. The molecule has 0 spiro atoms. The molecule has 3 rings (SSSR count). The van der Waals surface area contributed by atoms with Crippen LogP contribution in [-0.4, -0.2) is 40.3 Å². The molecule has 1 saturated carbocycles. The number of fused-ring (bicyclic) bond motifs is 1. The quantitative estimate of drug-likeness (QED) is 0.860. The number of hydrogen-bond acceptors (Lipinski definition) is 4. The largest absolute Gasteiger partial charge is 0.314 e. The van der Waals surface area contributed by atoms with E-state index in [0.29, 0.717) is 17.2 Å². The van der Waals surface area contributed by atoms with Crippen LogP contribution in [0.15, 0.2) is 18.5 Å². The van der Waals surface area contributed by atoms with E-state index in [9.17, 15) is 9.59 Å². The molecule has 0 bridgehead atoms. The number of aromatic nitrogens is 1. The van der Waals surface area contributed by atoms with Gasteiger partial charge >= 0.3 is 0 Å². The third-order valence-corrected chi connectivity index (χ3v) is 4.46. The fraction of sp³-hybridized carbons (Fsp3) is 0.562. The predicted octanol–water partition coefficient (Wildman–Crippen LogP) is 1.99. The molecule has 2 aliphatic rings. The Balaban J connectivity index is 1.67. The summed E-state index contributed by atoms with van der Waals surface area (Å²) in [6.07, 6.45) is 8.03. The second-order valence-electron chi connectivity index (χ2n) is 5.86. The van der Waals surface area contributed by atoms with Crippen molar-refractivity contribution in [1.29, 1.82) is 0 Å². The van der Waals surface area contributed by atoms with Crippen molar-refractivity contribution in [3.05, 3.63) is 29.6 Å². The van der Waals surface area contributed by atoms with Crippen molar-refractivity contribution in [2.24, 2.45) is 0 Å². The molecule has 0 aromatic carbocycles. The van der Waals surface area contributed by atoms with Crippen molar-refractivity contribution in [2.45, 2.75) is 51.1 Å². The lowest BCUT2D eigenvalue weighted by Crippen LogP contribution is -2.45. The number of pyridine rings is 1. The van der Waals surface area contributed by atoms with Gasteiger partial charge in [0.05, 0.1) is 11.1 Å². The maximum absolute atomic E-state index is 12.4. The summed E-state index contributed by atoms with van der Waals surface area (Å²) >= 11 is 0. The molecule has 112 valence electrons. The molecule has 1 aliphatic carbocycles. The molecule has 5 nitrogen and oxygen atoms in total. The van der Waals surface area contributed by atoms with Crippen molar-refractivity contribution < 1.29 is 9.59 Å². The Labute approximate surface area is 124 Å². The summed E-state index contributed by atoms with van der Waals surface area (Å²) in [5.41, 5.74) is 0.954. The number of amides is 2. The highest BCUT2D eigenvalue weighted by Crippen LogP contribution is 2.30. The van der Waals surface area contributed by atoms with Gasteiger partial charge in [-0.2, -0.15) is 0 Å². The van der Waals surface area contributed by atoms with Crippen LogP contribution in [0.25, 0.3) is 0 Å². The number of nitrogens with zero attached hydrogens (tertiary/aromatic N) is 2. The fourth-order valence-corrected chi connectivity index (χ4v) is 3.32. The van der Waals surface area contributed by atoms with Crippen LogP contribution in [0.2, 0.25) is 0 Å². The van der Waals surface area contributed by atoms with Gasteiger partial charge in [-0.25, -0.2) is 0 Å². The topological polar surface area (TPSA) is 62.3 Å². The Hall–Kier alpha value is -1.75. The Kier molecular flexibility index (Phi) is 4.01. The van der Waals surface area contributed by atoms with Gasteiger partial charge in [-0.1, -0.05) is 6.92 Å². The lowest BCUT2D eigenvalue weighted by atomic mass is 9.90. The van der Waals surface area contributed by atoms with Crippen LogP contribution in [0, 0.1) is 0 Å². The van der Waals surface area contributed by atoms with Gasteiger partial charge in [-0.05, 0) is 44.7 Å². The van der Waals surface area contributed by atoms with E-state index in [1.807, 2.05) is 0 Å². The molecule has 2 heterocycles. The maximum atomic E-state index is 12.4. The zero-order valence-electron chi connectivity index (χ0n) is 12.3. The van der Waals surface area contributed by atoms with Crippen LogP contribution in [0.1, 0.15) is 59.7 Å². The summed E-state index contributed by atoms with van der Waals surface area (Å²) in [7, 11) is 0. The summed E-state index contributed by atoms with van der Waals surface area (Å²) in [4.78, 5) is 30.2. The molecule has 2 amide bonds. The molecule has 0 atom stereocenters. The lowest BCUT2D eigenvalue weighted by molar-refractivity contribution is 0.0538. The number of carbonyl (C=O) groups is 2. The molecule has 5 heteroatoms. The first-order chi connectivity index (χ1) is 10.2. The third-order valence-electron chi connectivity index (χ3n) is 4.46. The highest BCUT2D eigenvalue weighted by molar-refractivity contribution is 6.21. The van der Waals surface area contributed by atoms with Crippen LogP contribution in [0.4, 0.5) is 0 Å². The first kappa shape index (κ1) is 14.2. The van der Waals surface area contributed by atoms with Crippen molar-refractivity contribution in [1.82, 2.24) is 15.2 Å². The van der Waals surface area contributed by atoms with Gasteiger partial charge in [0.25, 0.3) is 11.8 Å². The van der Waals surface area contributed by atoms with Crippen LogP contribution < -0.4 is 5.32 Å². The third kappa shape index (κ3) is 2.58.